The van der Waals surface area contributed by atoms with Gasteiger partial charge in [-0.2, -0.15) is 0 Å². The molecule has 1 rings (SSSR count). The third-order valence-corrected chi connectivity index (χ3v) is 2.94. The summed E-state index contributed by atoms with van der Waals surface area (Å²) in [6.07, 6.45) is 1.70. The number of hydrogen-bond donors (Lipinski definition) is 2. The fourth-order valence-electron chi connectivity index (χ4n) is 1.74. The van der Waals surface area contributed by atoms with Crippen LogP contribution >= 0.6 is 0 Å². The summed E-state index contributed by atoms with van der Waals surface area (Å²) in [5.41, 5.74) is 6.14. The van der Waals surface area contributed by atoms with E-state index >= 15 is 0 Å². The minimum absolute atomic E-state index is 0.0247. The average molecular weight is 280 g/mol. The quantitative estimate of drug-likeness (QED) is 0.679. The van der Waals surface area contributed by atoms with E-state index in [-0.39, 0.29) is 11.8 Å². The molecule has 1 aromatic carbocycles. The highest BCUT2D eigenvalue weighted by atomic mass is 16.5. The number of nitrogens with two attached hydrogens (primary N) is 1. The number of anilines is 1. The summed E-state index contributed by atoms with van der Waals surface area (Å²) in [7, 11) is 1.67. The zero-order valence-electron chi connectivity index (χ0n) is 12.2. The van der Waals surface area contributed by atoms with Gasteiger partial charge < -0.3 is 20.5 Å². The lowest BCUT2D eigenvalue weighted by Gasteiger charge is -2.12. The van der Waals surface area contributed by atoms with Crippen LogP contribution in [0, 0.1) is 5.92 Å². The molecule has 1 unspecified atom stereocenters. The lowest BCUT2D eigenvalue weighted by molar-refractivity contribution is -0.119. The molecule has 20 heavy (non-hydrogen) atoms. The zero-order valence-corrected chi connectivity index (χ0v) is 12.2. The largest absolute Gasteiger partial charge is 0.492 e. The van der Waals surface area contributed by atoms with Crippen LogP contribution in [0.4, 0.5) is 5.69 Å². The Balaban J connectivity index is 2.41. The molecule has 5 heteroatoms. The molecular weight excluding hydrogens is 256 g/mol. The van der Waals surface area contributed by atoms with Crippen LogP contribution in [0.3, 0.4) is 0 Å². The second-order valence-corrected chi connectivity index (χ2v) is 4.69. The highest BCUT2D eigenvalue weighted by molar-refractivity contribution is 5.92. The molecule has 0 bridgehead atoms. The molecule has 0 radical (unpaired) electrons. The molecule has 5 nitrogen and oxygen atoms in total. The number of ether oxygens (including phenoxy) is 2. The van der Waals surface area contributed by atoms with E-state index in [1.165, 1.54) is 0 Å². The Labute approximate surface area is 120 Å². The minimum Gasteiger partial charge on any atom is -0.492 e. The lowest BCUT2D eigenvalue weighted by Crippen LogP contribution is -2.20. The first-order valence-electron chi connectivity index (χ1n) is 6.90. The molecule has 0 spiro atoms. The van der Waals surface area contributed by atoms with Crippen molar-refractivity contribution in [3.63, 3.8) is 0 Å². The number of amides is 1. The topological polar surface area (TPSA) is 73.6 Å². The van der Waals surface area contributed by atoms with Crippen molar-refractivity contribution >= 4 is 11.6 Å². The van der Waals surface area contributed by atoms with Gasteiger partial charge in [0.15, 0.2) is 0 Å². The molecule has 1 aromatic rings. The van der Waals surface area contributed by atoms with Crippen molar-refractivity contribution in [1.29, 1.82) is 0 Å². The van der Waals surface area contributed by atoms with E-state index < -0.39 is 0 Å². The molecule has 0 aliphatic rings. The smallest absolute Gasteiger partial charge is 0.227 e. The van der Waals surface area contributed by atoms with Crippen LogP contribution < -0.4 is 15.8 Å². The summed E-state index contributed by atoms with van der Waals surface area (Å²) in [6.45, 7) is 3.58. The maximum atomic E-state index is 12.0. The van der Waals surface area contributed by atoms with E-state index in [1.807, 2.05) is 31.2 Å². The molecule has 0 saturated carbocycles. The van der Waals surface area contributed by atoms with Crippen LogP contribution in [0.2, 0.25) is 0 Å². The van der Waals surface area contributed by atoms with Crippen molar-refractivity contribution in [2.24, 2.45) is 11.7 Å². The van der Waals surface area contributed by atoms with Crippen molar-refractivity contribution < 1.29 is 14.3 Å². The van der Waals surface area contributed by atoms with Crippen molar-refractivity contribution in [3.05, 3.63) is 24.3 Å². The van der Waals surface area contributed by atoms with Crippen molar-refractivity contribution in [2.75, 3.05) is 32.2 Å². The van der Waals surface area contributed by atoms with E-state index in [0.717, 1.165) is 24.3 Å². The fourth-order valence-corrected chi connectivity index (χ4v) is 1.74. The van der Waals surface area contributed by atoms with Crippen LogP contribution in [-0.2, 0) is 9.53 Å². The molecule has 0 aliphatic heterocycles. The minimum atomic E-state index is -0.0293. The average Bonchev–Trinajstić information content (AvgIpc) is 2.46. The van der Waals surface area contributed by atoms with E-state index in [0.29, 0.717) is 19.8 Å². The highest BCUT2D eigenvalue weighted by Crippen LogP contribution is 2.17. The Morgan fingerprint density at radius 3 is 2.60 bits per heavy atom. The van der Waals surface area contributed by atoms with E-state index in [2.05, 4.69) is 5.32 Å². The zero-order chi connectivity index (χ0) is 14.8. The lowest BCUT2D eigenvalue weighted by atomic mass is 10.1. The van der Waals surface area contributed by atoms with Gasteiger partial charge in [0.2, 0.25) is 5.91 Å². The first-order chi connectivity index (χ1) is 9.67. The Morgan fingerprint density at radius 2 is 2.00 bits per heavy atom. The molecule has 0 saturated heterocycles. The first kappa shape index (κ1) is 16.5. The Hall–Kier alpha value is -1.59. The summed E-state index contributed by atoms with van der Waals surface area (Å²) in [6, 6.07) is 7.29. The monoisotopic (exact) mass is 280 g/mol. The van der Waals surface area contributed by atoms with E-state index in [1.54, 1.807) is 7.11 Å². The number of rotatable bonds is 9. The summed E-state index contributed by atoms with van der Waals surface area (Å²) in [5.74, 6) is 0.747. The standard InChI is InChI=1S/C15H24N2O3/c1-12(4-3-10-19-2)15(18)17-13-5-7-14(8-6-13)20-11-9-16/h5-8,12H,3-4,9-11,16H2,1-2H3,(H,17,18). The number of hydrogen-bond acceptors (Lipinski definition) is 4. The van der Waals surface area contributed by atoms with Crippen LogP contribution in [0.25, 0.3) is 0 Å². The van der Waals surface area contributed by atoms with Gasteiger partial charge in [-0.05, 0) is 37.1 Å². The summed E-state index contributed by atoms with van der Waals surface area (Å²) in [4.78, 5) is 12.0. The number of benzene rings is 1. The molecule has 0 heterocycles. The SMILES string of the molecule is COCCCC(C)C(=O)Nc1ccc(OCCN)cc1. The Bertz CT molecular complexity index is 393. The molecule has 0 aliphatic carbocycles. The number of nitrogens with one attached hydrogen (secondary N) is 1. The normalized spacial score (nSPS) is 11.9. The first-order valence-corrected chi connectivity index (χ1v) is 6.90. The second-order valence-electron chi connectivity index (χ2n) is 4.69. The summed E-state index contributed by atoms with van der Waals surface area (Å²) < 4.78 is 10.4. The molecule has 0 aromatic heterocycles. The van der Waals surface area contributed by atoms with Gasteiger partial charge in [-0.3, -0.25) is 4.79 Å². The van der Waals surface area contributed by atoms with Gasteiger partial charge in [-0.25, -0.2) is 0 Å². The number of carbonyl (C=O) groups excluding carboxylic acids is 1. The van der Waals surface area contributed by atoms with Crippen LogP contribution in [-0.4, -0.2) is 32.8 Å². The molecule has 3 N–H and O–H groups in total. The molecular formula is C15H24N2O3. The van der Waals surface area contributed by atoms with Gasteiger partial charge >= 0.3 is 0 Å². The molecule has 1 amide bonds. The Morgan fingerprint density at radius 1 is 1.30 bits per heavy atom. The van der Waals surface area contributed by atoms with E-state index in [9.17, 15) is 4.79 Å². The fraction of sp³-hybridized carbons (Fsp3) is 0.533. The van der Waals surface area contributed by atoms with Gasteiger partial charge in [-0.1, -0.05) is 6.92 Å². The third-order valence-electron chi connectivity index (χ3n) is 2.94. The van der Waals surface area contributed by atoms with Crippen molar-refractivity contribution in [3.8, 4) is 5.75 Å². The predicted molar refractivity (Wildman–Crippen MR) is 79.9 cm³/mol. The van der Waals surface area contributed by atoms with Gasteiger partial charge in [0, 0.05) is 31.9 Å². The van der Waals surface area contributed by atoms with Crippen LogP contribution in [0.15, 0.2) is 24.3 Å². The number of methoxy groups -OCH3 is 1. The third kappa shape index (κ3) is 6.04. The maximum absolute atomic E-state index is 12.0. The van der Waals surface area contributed by atoms with Gasteiger partial charge in [-0.15, -0.1) is 0 Å². The second kappa shape index (κ2) is 9.34. The van der Waals surface area contributed by atoms with Crippen molar-refractivity contribution in [1.82, 2.24) is 0 Å². The Kier molecular flexibility index (Phi) is 7.69. The van der Waals surface area contributed by atoms with Crippen LogP contribution in [0.5, 0.6) is 5.75 Å². The van der Waals surface area contributed by atoms with Crippen molar-refractivity contribution in [2.45, 2.75) is 19.8 Å². The summed E-state index contributed by atoms with van der Waals surface area (Å²) >= 11 is 0. The van der Waals surface area contributed by atoms with Gasteiger partial charge in [0.05, 0.1) is 0 Å². The molecule has 112 valence electrons. The molecule has 0 fully saturated rings. The number of carbonyl (C=O) groups is 1. The van der Waals surface area contributed by atoms with Gasteiger partial charge in [0.25, 0.3) is 0 Å². The predicted octanol–water partition coefficient (Wildman–Crippen LogP) is 2.03. The van der Waals surface area contributed by atoms with Crippen LogP contribution in [0.1, 0.15) is 19.8 Å². The van der Waals surface area contributed by atoms with E-state index in [4.69, 9.17) is 15.2 Å². The summed E-state index contributed by atoms with van der Waals surface area (Å²) in [5, 5.41) is 2.89. The van der Waals surface area contributed by atoms with Gasteiger partial charge in [0.1, 0.15) is 12.4 Å². The highest BCUT2D eigenvalue weighted by Gasteiger charge is 2.12. The maximum Gasteiger partial charge on any atom is 0.227 e. The molecule has 1 atom stereocenters.